The smallest absolute Gasteiger partial charge is 0.337 e. The summed E-state index contributed by atoms with van der Waals surface area (Å²) in [6, 6.07) is 3.06. The zero-order chi connectivity index (χ0) is 10.9. The Balaban J connectivity index is 3.53. The first-order valence-corrected chi connectivity index (χ1v) is 5.14. The first kappa shape index (κ1) is 11.0. The van der Waals surface area contributed by atoms with E-state index in [-0.39, 0.29) is 5.02 Å². The molecule has 0 fully saturated rings. The molecule has 0 radical (unpaired) electrons. The van der Waals surface area contributed by atoms with Gasteiger partial charge in [0.25, 0.3) is 10.1 Å². The predicted octanol–water partition coefficient (Wildman–Crippen LogP) is 1.28. The van der Waals surface area contributed by atoms with Crippen LogP contribution in [0, 0.1) is 0 Å². The minimum absolute atomic E-state index is 0.0785. The van der Waals surface area contributed by atoms with Crippen molar-refractivity contribution in [3.63, 3.8) is 0 Å². The Bertz CT molecular complexity index is 479. The molecule has 0 aliphatic carbocycles. The number of rotatable bonds is 2. The molecule has 76 valence electrons. The van der Waals surface area contributed by atoms with Gasteiger partial charge in [0.1, 0.15) is 4.90 Å². The van der Waals surface area contributed by atoms with Gasteiger partial charge in [0, 0.05) is 5.02 Å². The van der Waals surface area contributed by atoms with Gasteiger partial charge in [-0.15, -0.1) is 0 Å². The molecular weight excluding hydrogens is 232 g/mol. The van der Waals surface area contributed by atoms with Crippen LogP contribution in [0.1, 0.15) is 10.4 Å². The number of hydrogen-bond donors (Lipinski definition) is 2. The first-order valence-electron chi connectivity index (χ1n) is 3.32. The SMILES string of the molecule is O=C(O)c1cc(Cl)ccc1S(=O)(=O)O. The molecule has 0 spiro atoms. The molecule has 0 saturated heterocycles. The second-order valence-electron chi connectivity index (χ2n) is 2.42. The maximum Gasteiger partial charge on any atom is 0.337 e. The molecule has 5 nitrogen and oxygen atoms in total. The van der Waals surface area contributed by atoms with E-state index in [1.165, 1.54) is 6.07 Å². The van der Waals surface area contributed by atoms with E-state index in [2.05, 4.69) is 0 Å². The van der Waals surface area contributed by atoms with E-state index in [1.807, 2.05) is 0 Å². The molecule has 0 aromatic heterocycles. The molecule has 0 atom stereocenters. The van der Waals surface area contributed by atoms with Crippen molar-refractivity contribution < 1.29 is 22.9 Å². The summed E-state index contributed by atoms with van der Waals surface area (Å²) in [6.45, 7) is 0. The number of carboxylic acid groups (broad SMARTS) is 1. The number of halogens is 1. The summed E-state index contributed by atoms with van der Waals surface area (Å²) in [5.74, 6) is -1.47. The Morgan fingerprint density at radius 2 is 1.93 bits per heavy atom. The minimum atomic E-state index is -4.53. The van der Waals surface area contributed by atoms with Crippen LogP contribution in [-0.4, -0.2) is 24.0 Å². The lowest BCUT2D eigenvalue weighted by Crippen LogP contribution is -2.07. The van der Waals surface area contributed by atoms with E-state index in [1.54, 1.807) is 0 Å². The highest BCUT2D eigenvalue weighted by Crippen LogP contribution is 2.20. The average molecular weight is 237 g/mol. The highest BCUT2D eigenvalue weighted by atomic mass is 35.5. The highest BCUT2D eigenvalue weighted by molar-refractivity contribution is 7.86. The van der Waals surface area contributed by atoms with E-state index >= 15 is 0 Å². The van der Waals surface area contributed by atoms with Crippen LogP contribution in [0.2, 0.25) is 5.02 Å². The van der Waals surface area contributed by atoms with Gasteiger partial charge in [0.15, 0.2) is 0 Å². The molecule has 0 unspecified atom stereocenters. The average Bonchev–Trinajstić information content (AvgIpc) is 2.01. The molecular formula is C7H5ClO5S. The molecule has 14 heavy (non-hydrogen) atoms. The third-order valence-electron chi connectivity index (χ3n) is 1.45. The van der Waals surface area contributed by atoms with Crippen LogP contribution in [0.4, 0.5) is 0 Å². The van der Waals surface area contributed by atoms with Gasteiger partial charge in [-0.2, -0.15) is 8.42 Å². The van der Waals surface area contributed by atoms with Gasteiger partial charge in [-0.25, -0.2) is 4.79 Å². The van der Waals surface area contributed by atoms with Crippen molar-refractivity contribution in [2.45, 2.75) is 4.90 Å². The predicted molar refractivity (Wildman–Crippen MR) is 48.2 cm³/mol. The van der Waals surface area contributed by atoms with Crippen molar-refractivity contribution in [2.24, 2.45) is 0 Å². The summed E-state index contributed by atoms with van der Waals surface area (Å²) < 4.78 is 30.1. The quantitative estimate of drug-likeness (QED) is 0.755. The Kier molecular flexibility index (Phi) is 2.79. The van der Waals surface area contributed by atoms with Crippen LogP contribution in [0.5, 0.6) is 0 Å². The van der Waals surface area contributed by atoms with E-state index < -0.39 is 26.5 Å². The zero-order valence-corrected chi connectivity index (χ0v) is 8.21. The molecule has 0 amide bonds. The van der Waals surface area contributed by atoms with E-state index in [9.17, 15) is 13.2 Å². The molecule has 0 aliphatic heterocycles. The third kappa shape index (κ3) is 2.22. The maximum absolute atomic E-state index is 10.7. The fraction of sp³-hybridized carbons (Fsp3) is 0. The van der Waals surface area contributed by atoms with Crippen molar-refractivity contribution in [3.05, 3.63) is 28.8 Å². The fourth-order valence-electron chi connectivity index (χ4n) is 0.894. The standard InChI is InChI=1S/C7H5ClO5S/c8-4-1-2-6(14(11,12)13)5(3-4)7(9)10/h1-3H,(H,9,10)(H,11,12,13). The van der Waals surface area contributed by atoms with E-state index in [0.717, 1.165) is 12.1 Å². The van der Waals surface area contributed by atoms with Crippen LogP contribution < -0.4 is 0 Å². The lowest BCUT2D eigenvalue weighted by atomic mass is 10.2. The Hall–Kier alpha value is -1.11. The molecule has 1 aromatic rings. The summed E-state index contributed by atoms with van der Waals surface area (Å²) in [5.41, 5.74) is -0.556. The lowest BCUT2D eigenvalue weighted by Gasteiger charge is -2.02. The summed E-state index contributed by atoms with van der Waals surface area (Å²) in [4.78, 5) is 9.91. The zero-order valence-electron chi connectivity index (χ0n) is 6.64. The van der Waals surface area contributed by atoms with Gasteiger partial charge in [0.05, 0.1) is 5.56 Å². The van der Waals surface area contributed by atoms with Crippen molar-refractivity contribution >= 4 is 27.7 Å². The first-order chi connectivity index (χ1) is 6.32. The second kappa shape index (κ2) is 3.56. The third-order valence-corrected chi connectivity index (χ3v) is 2.60. The Morgan fingerprint density at radius 3 is 2.36 bits per heavy atom. The number of aromatic carboxylic acids is 1. The van der Waals surface area contributed by atoms with Crippen LogP contribution in [0.25, 0.3) is 0 Å². The second-order valence-corrected chi connectivity index (χ2v) is 4.25. The topological polar surface area (TPSA) is 91.7 Å². The fourth-order valence-corrected chi connectivity index (χ4v) is 1.73. The normalized spacial score (nSPS) is 11.3. The monoisotopic (exact) mass is 236 g/mol. The number of hydrogen-bond acceptors (Lipinski definition) is 3. The van der Waals surface area contributed by atoms with Crippen molar-refractivity contribution in [3.8, 4) is 0 Å². The molecule has 2 N–H and O–H groups in total. The van der Waals surface area contributed by atoms with Gasteiger partial charge in [0.2, 0.25) is 0 Å². The Labute approximate surface area is 84.7 Å². The summed E-state index contributed by atoms with van der Waals surface area (Å²) in [6.07, 6.45) is 0. The number of carbonyl (C=O) groups is 1. The molecule has 0 heterocycles. The van der Waals surface area contributed by atoms with Crippen molar-refractivity contribution in [2.75, 3.05) is 0 Å². The number of carboxylic acids is 1. The van der Waals surface area contributed by atoms with Gasteiger partial charge in [-0.1, -0.05) is 11.6 Å². The van der Waals surface area contributed by atoms with Gasteiger partial charge in [-0.3, -0.25) is 4.55 Å². The van der Waals surface area contributed by atoms with Gasteiger partial charge < -0.3 is 5.11 Å². The molecule has 1 aromatic carbocycles. The Morgan fingerprint density at radius 1 is 1.36 bits per heavy atom. The molecule has 7 heteroatoms. The van der Waals surface area contributed by atoms with Crippen LogP contribution in [0.3, 0.4) is 0 Å². The van der Waals surface area contributed by atoms with E-state index in [4.69, 9.17) is 21.3 Å². The van der Waals surface area contributed by atoms with Crippen LogP contribution in [-0.2, 0) is 10.1 Å². The maximum atomic E-state index is 10.7. The molecule has 1 rings (SSSR count). The van der Waals surface area contributed by atoms with Gasteiger partial charge >= 0.3 is 5.97 Å². The molecule has 0 saturated carbocycles. The van der Waals surface area contributed by atoms with Gasteiger partial charge in [-0.05, 0) is 18.2 Å². The van der Waals surface area contributed by atoms with Crippen molar-refractivity contribution in [1.82, 2.24) is 0 Å². The highest BCUT2D eigenvalue weighted by Gasteiger charge is 2.19. The number of benzene rings is 1. The van der Waals surface area contributed by atoms with Crippen LogP contribution >= 0.6 is 11.6 Å². The lowest BCUT2D eigenvalue weighted by molar-refractivity contribution is 0.0692. The minimum Gasteiger partial charge on any atom is -0.478 e. The summed E-state index contributed by atoms with van der Waals surface area (Å²) >= 11 is 5.47. The van der Waals surface area contributed by atoms with E-state index in [0.29, 0.717) is 0 Å². The molecule has 0 aliphatic rings. The molecule has 0 bridgehead atoms. The van der Waals surface area contributed by atoms with Crippen LogP contribution in [0.15, 0.2) is 23.1 Å². The largest absolute Gasteiger partial charge is 0.478 e. The summed E-state index contributed by atoms with van der Waals surface area (Å²) in [5, 5.41) is 8.70. The summed E-state index contributed by atoms with van der Waals surface area (Å²) in [7, 11) is -4.53. The van der Waals surface area contributed by atoms with Crippen molar-refractivity contribution in [1.29, 1.82) is 0 Å².